The van der Waals surface area contributed by atoms with Gasteiger partial charge in [-0.2, -0.15) is 13.2 Å². The molecular formula is C57H65ClF3N6O7PS2. The predicted octanol–water partition coefficient (Wildman–Crippen LogP) is 12.1. The molecule has 3 fully saturated rings. The number of piperazine rings is 1. The average Bonchev–Trinajstić information content (AvgIpc) is 3.96. The molecule has 410 valence electrons. The highest BCUT2D eigenvalue weighted by Crippen LogP contribution is 2.66. The maximum Gasteiger partial charge on any atom is 0.501 e. The molecule has 13 nitrogen and oxygen atoms in total. The largest absolute Gasteiger partial charge is 0.501 e. The van der Waals surface area contributed by atoms with Gasteiger partial charge in [0.15, 0.2) is 0 Å². The Morgan fingerprint density at radius 3 is 2.10 bits per heavy atom. The fraction of sp³-hybridized carbons (Fsp3) is 0.386. The molecule has 5 aromatic carbocycles. The fourth-order valence-corrected chi connectivity index (χ4v) is 16.4. The average molecular weight is 1130 g/mol. The summed E-state index contributed by atoms with van der Waals surface area (Å²) in [5.74, 6) is -0.372. The molecule has 0 amide bonds. The number of hydrogen-bond donors (Lipinski definition) is 4. The number of rotatable bonds is 18. The first-order chi connectivity index (χ1) is 36.8. The number of hydrogen-bond acceptors (Lipinski definition) is 11. The molecule has 3 aliphatic rings. The number of carboxylic acid groups (broad SMARTS) is 1. The number of sulfone groups is 1. The molecule has 1 unspecified atom stereocenters. The molecule has 6 aromatic rings. The van der Waals surface area contributed by atoms with Crippen LogP contribution in [0.2, 0.25) is 5.02 Å². The maximum atomic E-state index is 15.3. The minimum atomic E-state index is -5.98. The zero-order valence-corrected chi connectivity index (χ0v) is 46.5. The smallest absolute Gasteiger partial charge is 0.478 e. The highest BCUT2D eigenvalue weighted by atomic mass is 35.5. The van der Waals surface area contributed by atoms with Crippen LogP contribution in [-0.2, 0) is 14.4 Å². The van der Waals surface area contributed by atoms with Gasteiger partial charge in [-0.05, 0) is 149 Å². The summed E-state index contributed by atoms with van der Waals surface area (Å²) in [7, 11) is -10.1. The third kappa shape index (κ3) is 11.9. The number of alkyl halides is 3. The van der Waals surface area contributed by atoms with E-state index in [9.17, 15) is 41.8 Å². The van der Waals surface area contributed by atoms with Gasteiger partial charge in [0.25, 0.3) is 9.84 Å². The van der Waals surface area contributed by atoms with E-state index in [2.05, 4.69) is 24.6 Å². The Balaban J connectivity index is 0.933. The van der Waals surface area contributed by atoms with E-state index in [0.29, 0.717) is 71.6 Å². The van der Waals surface area contributed by atoms with Gasteiger partial charge < -0.3 is 40.0 Å². The van der Waals surface area contributed by atoms with Crippen molar-refractivity contribution < 1.29 is 46.4 Å². The highest BCUT2D eigenvalue weighted by molar-refractivity contribution is 7.99. The van der Waals surface area contributed by atoms with Crippen molar-refractivity contribution in [1.82, 2.24) is 14.3 Å². The fourth-order valence-electron chi connectivity index (χ4n) is 11.2. The van der Waals surface area contributed by atoms with Crippen molar-refractivity contribution in [1.29, 1.82) is 0 Å². The van der Waals surface area contributed by atoms with E-state index in [1.165, 1.54) is 23.9 Å². The second-order valence-electron chi connectivity index (χ2n) is 20.5. The number of likely N-dealkylation sites (tertiary alicyclic amines) is 1. The quantitative estimate of drug-likeness (QED) is 0.0476. The van der Waals surface area contributed by atoms with Gasteiger partial charge in [0, 0.05) is 102 Å². The number of hydroxylamine groups is 1. The van der Waals surface area contributed by atoms with Crippen LogP contribution >= 0.6 is 30.7 Å². The second kappa shape index (κ2) is 23.6. The van der Waals surface area contributed by atoms with E-state index in [1.54, 1.807) is 12.1 Å². The molecule has 3 saturated heterocycles. The first-order valence-electron chi connectivity index (χ1n) is 26.0. The lowest BCUT2D eigenvalue weighted by molar-refractivity contribution is -0.0435. The number of aliphatic hydroxyl groups excluding tert-OH is 1. The standard InChI is InChI=1S/C57H65ClF3N6O7PS2/c1-38(2)67-39(3)53(56(69)70)54(55(67)42-12-16-44(58)17-13-42)43-8-7-9-47(34-43)65-32-30-64(31-33-65)46-18-14-41(15-19-46)51-25-29-66(71)75(51,72)48-20-21-50(52(35-48)77(73,74)57(59,60)61)62-45(37-76-49-10-5-4-6-11-49)24-28-63-26-22-40(36-68)23-27-63/h4-21,34-35,38,40,45,51,62,68,71H,22-33,36-37H2,1-3H3,(H,69,70)/t45-,51-,75?/m1/s1. The van der Waals surface area contributed by atoms with Crippen molar-refractivity contribution >= 4 is 68.8 Å². The molecule has 3 aliphatic heterocycles. The first kappa shape index (κ1) is 56.4. The van der Waals surface area contributed by atoms with E-state index < -0.39 is 45.2 Å². The zero-order valence-electron chi connectivity index (χ0n) is 43.2. The molecule has 77 heavy (non-hydrogen) atoms. The second-order valence-corrected chi connectivity index (χ2v) is 26.7. The molecule has 0 aliphatic carbocycles. The molecule has 0 spiro atoms. The summed E-state index contributed by atoms with van der Waals surface area (Å²) in [6.07, 6.45) is 2.35. The molecule has 20 heteroatoms. The van der Waals surface area contributed by atoms with E-state index in [0.717, 1.165) is 65.1 Å². The van der Waals surface area contributed by atoms with Crippen molar-refractivity contribution in [2.75, 3.05) is 79.8 Å². The lowest BCUT2D eigenvalue weighted by atomic mass is 9.96. The van der Waals surface area contributed by atoms with Crippen LogP contribution in [0.1, 0.15) is 72.8 Å². The summed E-state index contributed by atoms with van der Waals surface area (Å²) in [6.45, 7) is 10.7. The van der Waals surface area contributed by atoms with Crippen LogP contribution < -0.4 is 20.4 Å². The summed E-state index contributed by atoms with van der Waals surface area (Å²) in [5.41, 5.74) is -0.375. The molecule has 0 saturated carbocycles. The van der Waals surface area contributed by atoms with Gasteiger partial charge in [0.2, 0.25) is 7.29 Å². The van der Waals surface area contributed by atoms with Crippen LogP contribution in [0.25, 0.3) is 22.4 Å². The number of thioether (sulfide) groups is 1. The number of aliphatic hydroxyl groups is 1. The number of aromatic nitrogens is 1. The minimum absolute atomic E-state index is 0.0245. The number of halogens is 4. The Labute approximate surface area is 457 Å². The zero-order chi connectivity index (χ0) is 54.8. The Bertz CT molecular complexity index is 3210. The number of anilines is 3. The van der Waals surface area contributed by atoms with Gasteiger partial charge in [0.05, 0.1) is 22.6 Å². The van der Waals surface area contributed by atoms with Crippen LogP contribution in [0.5, 0.6) is 0 Å². The molecular weight excluding hydrogens is 1070 g/mol. The number of aromatic carboxylic acids is 1. The van der Waals surface area contributed by atoms with Crippen molar-refractivity contribution in [3.8, 4) is 22.4 Å². The number of piperidine rings is 1. The van der Waals surface area contributed by atoms with Gasteiger partial charge in [0.1, 0.15) is 4.90 Å². The first-order valence-corrected chi connectivity index (χ1v) is 30.6. The maximum absolute atomic E-state index is 15.3. The monoisotopic (exact) mass is 1130 g/mol. The summed E-state index contributed by atoms with van der Waals surface area (Å²) < 4.78 is 88.2. The van der Waals surface area contributed by atoms with E-state index in [1.807, 2.05) is 112 Å². The van der Waals surface area contributed by atoms with Crippen molar-refractivity contribution in [3.63, 3.8) is 0 Å². The Morgan fingerprint density at radius 1 is 0.818 bits per heavy atom. The lowest BCUT2D eigenvalue weighted by Gasteiger charge is -2.37. The Morgan fingerprint density at radius 2 is 1.48 bits per heavy atom. The molecule has 1 aromatic heterocycles. The minimum Gasteiger partial charge on any atom is -0.478 e. The third-order valence-electron chi connectivity index (χ3n) is 15.3. The van der Waals surface area contributed by atoms with E-state index in [-0.39, 0.29) is 48.1 Å². The van der Waals surface area contributed by atoms with E-state index >= 15 is 4.57 Å². The topological polar surface area (TPSA) is 159 Å². The van der Waals surface area contributed by atoms with Crippen LogP contribution in [-0.4, -0.2) is 120 Å². The molecule has 3 atom stereocenters. The molecule has 9 rings (SSSR count). The van der Waals surface area contributed by atoms with Gasteiger partial charge in [-0.1, -0.05) is 66.2 Å². The normalized spacial score (nSPS) is 19.5. The van der Waals surface area contributed by atoms with Crippen molar-refractivity contribution in [2.24, 2.45) is 5.92 Å². The van der Waals surface area contributed by atoms with E-state index in [4.69, 9.17) is 11.6 Å². The molecule has 0 bridgehead atoms. The Kier molecular flexibility index (Phi) is 17.3. The van der Waals surface area contributed by atoms with Gasteiger partial charge >= 0.3 is 11.5 Å². The number of carbonyl (C=O) groups is 1. The van der Waals surface area contributed by atoms with Crippen molar-refractivity contribution in [3.05, 3.63) is 143 Å². The van der Waals surface area contributed by atoms with Crippen LogP contribution in [0.15, 0.2) is 131 Å². The van der Waals surface area contributed by atoms with Gasteiger partial charge in [-0.3, -0.25) is 4.57 Å². The number of nitrogens with zero attached hydrogens (tertiary/aromatic N) is 5. The van der Waals surface area contributed by atoms with Crippen LogP contribution in [0.3, 0.4) is 0 Å². The number of benzene rings is 5. The summed E-state index contributed by atoms with van der Waals surface area (Å²) in [5, 5.41) is 35.1. The summed E-state index contributed by atoms with van der Waals surface area (Å²) in [6, 6.07) is 35.3. The van der Waals surface area contributed by atoms with Crippen molar-refractivity contribution in [2.45, 2.75) is 79.5 Å². The molecule has 4 heterocycles. The van der Waals surface area contributed by atoms with Gasteiger partial charge in [-0.25, -0.2) is 13.2 Å². The molecule has 0 radical (unpaired) electrons. The third-order valence-corrected chi connectivity index (χ3v) is 21.6. The number of nitrogens with one attached hydrogen (secondary N) is 1. The number of carboxylic acids is 1. The SMILES string of the molecule is Cc1c(C(=O)O)c(-c2cccc(N3CCN(c4ccc([C@H]5CCN(O)P5(=O)c5ccc(N[C@H](CCN6CCC(CO)CC6)CSc6ccccc6)c(S(=O)(=O)C(F)(F)F)c5)cc4)CC3)c2)c(-c2ccc(Cl)cc2)n1C(C)C. The lowest BCUT2D eigenvalue weighted by Crippen LogP contribution is -2.46. The summed E-state index contributed by atoms with van der Waals surface area (Å²) >= 11 is 7.77. The van der Waals surface area contributed by atoms with Gasteiger partial charge in [-0.15, -0.1) is 16.6 Å². The van der Waals surface area contributed by atoms with Crippen LogP contribution in [0.4, 0.5) is 30.2 Å². The Hall–Kier alpha value is -5.30. The predicted molar refractivity (Wildman–Crippen MR) is 301 cm³/mol. The molecule has 4 N–H and O–H groups in total. The van der Waals surface area contributed by atoms with Crippen LogP contribution in [0, 0.1) is 12.8 Å². The summed E-state index contributed by atoms with van der Waals surface area (Å²) in [4.78, 5) is 20.2. The highest BCUT2D eigenvalue weighted by Gasteiger charge is 2.51.